The van der Waals surface area contributed by atoms with Crippen LogP contribution in [0.2, 0.25) is 0 Å². The van der Waals surface area contributed by atoms with Crippen molar-refractivity contribution < 1.29 is 22.4 Å². The average Bonchev–Trinajstić information content (AvgIpc) is 3.08. The molecule has 0 radical (unpaired) electrons. The zero-order chi connectivity index (χ0) is 15.2. The number of hydrogen-bond donors (Lipinski definition) is 0. The summed E-state index contributed by atoms with van der Waals surface area (Å²) in [5.41, 5.74) is 0.258. The molecular formula is C13H13F2N3O3. The van der Waals surface area contributed by atoms with Crippen molar-refractivity contribution in [2.45, 2.75) is 32.2 Å². The second-order valence-electron chi connectivity index (χ2n) is 5.06. The topological polar surface area (TPSA) is 72.4 Å². The second-order valence-corrected chi connectivity index (χ2v) is 5.06. The number of aryl methyl sites for hydroxylation is 2. The monoisotopic (exact) mass is 297 g/mol. The Bertz CT molecular complexity index is 680. The molecule has 1 aliphatic rings. The third-order valence-electron chi connectivity index (χ3n) is 3.45. The van der Waals surface area contributed by atoms with Crippen LogP contribution in [0.3, 0.4) is 0 Å². The van der Waals surface area contributed by atoms with Gasteiger partial charge in [-0.3, -0.25) is 4.79 Å². The Morgan fingerprint density at radius 1 is 1.43 bits per heavy atom. The van der Waals surface area contributed by atoms with Gasteiger partial charge in [-0.25, -0.2) is 8.78 Å². The lowest BCUT2D eigenvalue weighted by Crippen LogP contribution is -2.33. The Kier molecular flexibility index (Phi) is 3.03. The third kappa shape index (κ3) is 2.41. The molecule has 0 saturated carbocycles. The summed E-state index contributed by atoms with van der Waals surface area (Å²) < 4.78 is 37.7. The number of carbonyl (C=O) groups is 1. The van der Waals surface area contributed by atoms with Gasteiger partial charge in [-0.2, -0.15) is 0 Å². The highest BCUT2D eigenvalue weighted by Crippen LogP contribution is 2.41. The molecule has 1 aliphatic heterocycles. The molecule has 0 aromatic carbocycles. The van der Waals surface area contributed by atoms with Gasteiger partial charge in [0.1, 0.15) is 11.8 Å². The van der Waals surface area contributed by atoms with Crippen LogP contribution in [0.25, 0.3) is 0 Å². The van der Waals surface area contributed by atoms with E-state index in [0.717, 1.165) is 4.90 Å². The van der Waals surface area contributed by atoms with E-state index < -0.39 is 30.8 Å². The fourth-order valence-electron chi connectivity index (χ4n) is 2.46. The number of amides is 1. The fourth-order valence-corrected chi connectivity index (χ4v) is 2.46. The normalized spacial score (nSPS) is 21.0. The minimum Gasteiger partial charge on any atom is -0.469 e. The highest BCUT2D eigenvalue weighted by molar-refractivity contribution is 5.95. The minimum atomic E-state index is -2.99. The summed E-state index contributed by atoms with van der Waals surface area (Å²) in [6.45, 7) is 2.49. The first-order valence-electron chi connectivity index (χ1n) is 6.40. The van der Waals surface area contributed by atoms with E-state index in [4.69, 9.17) is 8.83 Å². The molecule has 21 heavy (non-hydrogen) atoms. The summed E-state index contributed by atoms with van der Waals surface area (Å²) in [6, 6.07) is 0.535. The largest absolute Gasteiger partial charge is 0.469 e. The highest BCUT2D eigenvalue weighted by Gasteiger charge is 2.50. The number of furan rings is 1. The predicted molar refractivity (Wildman–Crippen MR) is 65.8 cm³/mol. The van der Waals surface area contributed by atoms with Gasteiger partial charge < -0.3 is 13.7 Å². The van der Waals surface area contributed by atoms with Gasteiger partial charge in [0.05, 0.1) is 18.4 Å². The van der Waals surface area contributed by atoms with E-state index in [9.17, 15) is 13.6 Å². The SMILES string of the molecule is Cc1nnc([C@@H]2CC(F)(F)CN2C(=O)c2ccoc2C)o1. The van der Waals surface area contributed by atoms with Gasteiger partial charge in [0.15, 0.2) is 0 Å². The lowest BCUT2D eigenvalue weighted by molar-refractivity contribution is 0.0116. The zero-order valence-electron chi connectivity index (χ0n) is 11.5. The molecule has 1 amide bonds. The van der Waals surface area contributed by atoms with Gasteiger partial charge in [-0.05, 0) is 13.0 Å². The first-order chi connectivity index (χ1) is 9.87. The Morgan fingerprint density at radius 2 is 2.19 bits per heavy atom. The van der Waals surface area contributed by atoms with Gasteiger partial charge in [-0.15, -0.1) is 10.2 Å². The van der Waals surface area contributed by atoms with Crippen LogP contribution in [-0.4, -0.2) is 33.5 Å². The van der Waals surface area contributed by atoms with Crippen molar-refractivity contribution in [2.24, 2.45) is 0 Å². The van der Waals surface area contributed by atoms with Crippen molar-refractivity contribution in [3.05, 3.63) is 35.4 Å². The molecule has 0 unspecified atom stereocenters. The molecular weight excluding hydrogens is 284 g/mol. The molecule has 2 aromatic heterocycles. The summed E-state index contributed by atoms with van der Waals surface area (Å²) >= 11 is 0. The zero-order valence-corrected chi connectivity index (χ0v) is 11.5. The Balaban J connectivity index is 1.95. The van der Waals surface area contributed by atoms with Crippen molar-refractivity contribution in [3.8, 4) is 0 Å². The van der Waals surface area contributed by atoms with Crippen molar-refractivity contribution in [1.29, 1.82) is 0 Å². The van der Waals surface area contributed by atoms with Crippen molar-refractivity contribution in [2.75, 3.05) is 6.54 Å². The van der Waals surface area contributed by atoms with Crippen LogP contribution < -0.4 is 0 Å². The quantitative estimate of drug-likeness (QED) is 0.851. The summed E-state index contributed by atoms with van der Waals surface area (Å²) in [6.07, 6.45) is 0.819. The molecule has 8 heteroatoms. The molecule has 1 atom stereocenters. The van der Waals surface area contributed by atoms with E-state index >= 15 is 0 Å². The molecule has 112 valence electrons. The number of alkyl halides is 2. The fraction of sp³-hybridized carbons (Fsp3) is 0.462. The molecule has 0 N–H and O–H groups in total. The Morgan fingerprint density at radius 3 is 2.76 bits per heavy atom. The van der Waals surface area contributed by atoms with Gasteiger partial charge in [0.25, 0.3) is 11.8 Å². The number of halogens is 2. The predicted octanol–water partition coefficient (Wildman–Crippen LogP) is 2.50. The van der Waals surface area contributed by atoms with Gasteiger partial charge >= 0.3 is 0 Å². The van der Waals surface area contributed by atoms with E-state index in [1.807, 2.05) is 0 Å². The molecule has 3 rings (SSSR count). The van der Waals surface area contributed by atoms with E-state index in [1.54, 1.807) is 13.8 Å². The van der Waals surface area contributed by atoms with Crippen LogP contribution in [0.1, 0.15) is 40.4 Å². The Labute approximate surface area is 118 Å². The lowest BCUT2D eigenvalue weighted by Gasteiger charge is -2.20. The summed E-state index contributed by atoms with van der Waals surface area (Å²) in [5, 5.41) is 7.40. The number of rotatable bonds is 2. The minimum absolute atomic E-state index is 0.0270. The maximum absolute atomic E-state index is 13.7. The van der Waals surface area contributed by atoms with E-state index in [-0.39, 0.29) is 17.3 Å². The molecule has 1 saturated heterocycles. The standard InChI is InChI=1S/C13H13F2N3O3/c1-7-9(3-4-20-7)12(19)18-6-13(14,15)5-10(18)11-17-16-8(2)21-11/h3-4,10H,5-6H2,1-2H3/t10-/m0/s1. The average molecular weight is 297 g/mol. The van der Waals surface area contributed by atoms with Gasteiger partial charge in [0, 0.05) is 13.3 Å². The molecule has 6 nitrogen and oxygen atoms in total. The van der Waals surface area contributed by atoms with Crippen molar-refractivity contribution in [3.63, 3.8) is 0 Å². The maximum atomic E-state index is 13.7. The molecule has 0 spiro atoms. The summed E-state index contributed by atoms with van der Waals surface area (Å²) in [4.78, 5) is 13.5. The van der Waals surface area contributed by atoms with Crippen molar-refractivity contribution >= 4 is 5.91 Å². The van der Waals surface area contributed by atoms with Gasteiger partial charge in [-0.1, -0.05) is 0 Å². The molecule has 1 fully saturated rings. The molecule has 0 bridgehead atoms. The van der Waals surface area contributed by atoms with Crippen molar-refractivity contribution in [1.82, 2.24) is 15.1 Å². The van der Waals surface area contributed by atoms with Crippen LogP contribution in [0, 0.1) is 13.8 Å². The number of hydrogen-bond acceptors (Lipinski definition) is 5. The molecule has 0 aliphatic carbocycles. The first kappa shape index (κ1) is 13.7. The number of aromatic nitrogens is 2. The molecule has 3 heterocycles. The smallest absolute Gasteiger partial charge is 0.267 e. The Hall–Kier alpha value is -2.25. The van der Waals surface area contributed by atoms with E-state index in [0.29, 0.717) is 5.76 Å². The van der Waals surface area contributed by atoms with Crippen LogP contribution in [0.5, 0.6) is 0 Å². The summed E-state index contributed by atoms with van der Waals surface area (Å²) in [7, 11) is 0. The number of carbonyl (C=O) groups excluding carboxylic acids is 1. The van der Waals surface area contributed by atoms with Crippen LogP contribution in [0.4, 0.5) is 8.78 Å². The second kappa shape index (κ2) is 4.64. The van der Waals surface area contributed by atoms with Crippen LogP contribution in [0.15, 0.2) is 21.2 Å². The highest BCUT2D eigenvalue weighted by atomic mass is 19.3. The maximum Gasteiger partial charge on any atom is 0.267 e. The summed E-state index contributed by atoms with van der Waals surface area (Å²) in [5.74, 6) is -2.83. The van der Waals surface area contributed by atoms with E-state index in [1.165, 1.54) is 12.3 Å². The number of likely N-dealkylation sites (tertiary alicyclic amines) is 1. The first-order valence-corrected chi connectivity index (χ1v) is 6.40. The number of nitrogens with zero attached hydrogens (tertiary/aromatic N) is 3. The third-order valence-corrected chi connectivity index (χ3v) is 3.45. The van der Waals surface area contributed by atoms with Crippen LogP contribution in [-0.2, 0) is 0 Å². The molecule has 2 aromatic rings. The van der Waals surface area contributed by atoms with Gasteiger partial charge in [0.2, 0.25) is 11.8 Å². The van der Waals surface area contributed by atoms with Crippen LogP contribution >= 0.6 is 0 Å². The van der Waals surface area contributed by atoms with E-state index in [2.05, 4.69) is 10.2 Å². The lowest BCUT2D eigenvalue weighted by atomic mass is 10.1.